The molecule has 1 atom stereocenters. The van der Waals surface area contributed by atoms with Gasteiger partial charge >= 0.3 is 0 Å². The second kappa shape index (κ2) is 5.68. The number of rotatable bonds is 4. The number of hydrogen-bond acceptors (Lipinski definition) is 3. The van der Waals surface area contributed by atoms with E-state index in [2.05, 4.69) is 5.32 Å². The zero-order chi connectivity index (χ0) is 12.1. The first-order valence-electron chi connectivity index (χ1n) is 5.95. The average molecular weight is 234 g/mol. The summed E-state index contributed by atoms with van der Waals surface area (Å²) in [5.74, 6) is 0.0860. The van der Waals surface area contributed by atoms with E-state index < -0.39 is 0 Å². The van der Waals surface area contributed by atoms with Crippen LogP contribution in [0.1, 0.15) is 18.4 Å². The fourth-order valence-corrected chi connectivity index (χ4v) is 1.95. The topological polar surface area (TPSA) is 64.4 Å². The molecular weight excluding hydrogens is 216 g/mol. The molecule has 0 bridgehead atoms. The fraction of sp³-hybridized carbons (Fsp3) is 0.462. The Hall–Kier alpha value is -1.55. The first-order chi connectivity index (χ1) is 8.24. The van der Waals surface area contributed by atoms with Gasteiger partial charge in [-0.25, -0.2) is 0 Å². The van der Waals surface area contributed by atoms with Crippen LogP contribution in [-0.4, -0.2) is 25.2 Å². The lowest BCUT2D eigenvalue weighted by molar-refractivity contribution is -0.121. The van der Waals surface area contributed by atoms with Crippen molar-refractivity contribution in [1.82, 2.24) is 5.32 Å². The van der Waals surface area contributed by atoms with Gasteiger partial charge in [0.05, 0.1) is 12.6 Å². The van der Waals surface area contributed by atoms with Crippen molar-refractivity contribution in [2.75, 3.05) is 18.9 Å². The Bertz CT molecular complexity index is 387. The Morgan fingerprint density at radius 3 is 3.12 bits per heavy atom. The summed E-state index contributed by atoms with van der Waals surface area (Å²) >= 11 is 0. The molecule has 1 fully saturated rings. The molecular formula is C13H18N2O2. The molecule has 0 aromatic heterocycles. The monoisotopic (exact) mass is 234 g/mol. The maximum Gasteiger partial charge on any atom is 0.220 e. The molecule has 1 unspecified atom stereocenters. The lowest BCUT2D eigenvalue weighted by atomic mass is 10.1. The molecule has 1 saturated heterocycles. The molecule has 2 rings (SSSR count). The molecule has 17 heavy (non-hydrogen) atoms. The third-order valence-electron chi connectivity index (χ3n) is 2.89. The summed E-state index contributed by atoms with van der Waals surface area (Å²) in [6, 6.07) is 7.85. The number of amides is 1. The molecule has 0 aliphatic carbocycles. The fourth-order valence-electron chi connectivity index (χ4n) is 1.95. The number of anilines is 1. The lowest BCUT2D eigenvalue weighted by Gasteiger charge is -2.10. The van der Waals surface area contributed by atoms with Crippen molar-refractivity contribution in [3.05, 3.63) is 29.8 Å². The highest BCUT2D eigenvalue weighted by molar-refractivity contribution is 5.76. The second-order valence-corrected chi connectivity index (χ2v) is 4.37. The molecule has 1 amide bonds. The summed E-state index contributed by atoms with van der Waals surface area (Å²) in [6.07, 6.45) is 2.15. The van der Waals surface area contributed by atoms with Gasteiger partial charge in [-0.15, -0.1) is 0 Å². The highest BCUT2D eigenvalue weighted by atomic mass is 16.5. The molecule has 1 heterocycles. The largest absolute Gasteiger partial charge is 0.399 e. The molecule has 0 radical (unpaired) electrons. The van der Waals surface area contributed by atoms with Gasteiger partial charge in [-0.05, 0) is 30.5 Å². The SMILES string of the molecule is Nc1cccc(CCC(=O)NC2CCOC2)c1. The van der Waals surface area contributed by atoms with Crippen LogP contribution >= 0.6 is 0 Å². The van der Waals surface area contributed by atoms with Crippen LogP contribution in [0.15, 0.2) is 24.3 Å². The first kappa shape index (κ1) is 11.9. The zero-order valence-electron chi connectivity index (χ0n) is 9.82. The Morgan fingerprint density at radius 1 is 1.53 bits per heavy atom. The molecule has 1 aliphatic heterocycles. The summed E-state index contributed by atoms with van der Waals surface area (Å²) in [5, 5.41) is 2.97. The van der Waals surface area contributed by atoms with Crippen LogP contribution in [0.2, 0.25) is 0 Å². The van der Waals surface area contributed by atoms with E-state index in [0.29, 0.717) is 13.0 Å². The minimum Gasteiger partial charge on any atom is -0.399 e. The van der Waals surface area contributed by atoms with Gasteiger partial charge in [-0.1, -0.05) is 12.1 Å². The quantitative estimate of drug-likeness (QED) is 0.767. The van der Waals surface area contributed by atoms with Crippen LogP contribution < -0.4 is 11.1 Å². The number of nitrogens with two attached hydrogens (primary N) is 1. The van der Waals surface area contributed by atoms with E-state index in [4.69, 9.17) is 10.5 Å². The van der Waals surface area contributed by atoms with Crippen molar-refractivity contribution in [3.8, 4) is 0 Å². The standard InChI is InChI=1S/C13H18N2O2/c14-11-3-1-2-10(8-11)4-5-13(16)15-12-6-7-17-9-12/h1-3,8,12H,4-7,9,14H2,(H,15,16). The number of aryl methyl sites for hydroxylation is 1. The Kier molecular flexibility index (Phi) is 3.98. The van der Waals surface area contributed by atoms with Crippen molar-refractivity contribution in [3.63, 3.8) is 0 Å². The maximum absolute atomic E-state index is 11.7. The van der Waals surface area contributed by atoms with E-state index in [1.165, 1.54) is 0 Å². The average Bonchev–Trinajstić information content (AvgIpc) is 2.79. The van der Waals surface area contributed by atoms with E-state index in [-0.39, 0.29) is 11.9 Å². The molecule has 4 nitrogen and oxygen atoms in total. The lowest BCUT2D eigenvalue weighted by Crippen LogP contribution is -2.35. The van der Waals surface area contributed by atoms with Gasteiger partial charge in [0, 0.05) is 18.7 Å². The predicted molar refractivity (Wildman–Crippen MR) is 66.5 cm³/mol. The van der Waals surface area contributed by atoms with Gasteiger partial charge in [-0.3, -0.25) is 4.79 Å². The zero-order valence-corrected chi connectivity index (χ0v) is 9.82. The van der Waals surface area contributed by atoms with Crippen LogP contribution in [0.3, 0.4) is 0 Å². The van der Waals surface area contributed by atoms with E-state index in [1.807, 2.05) is 24.3 Å². The summed E-state index contributed by atoms with van der Waals surface area (Å²) in [5.41, 5.74) is 7.52. The van der Waals surface area contributed by atoms with Crippen molar-refractivity contribution in [2.24, 2.45) is 0 Å². The predicted octanol–water partition coefficient (Wildman–Crippen LogP) is 1.11. The van der Waals surface area contributed by atoms with E-state index in [0.717, 1.165) is 30.7 Å². The number of carbonyl (C=O) groups is 1. The highest BCUT2D eigenvalue weighted by Gasteiger charge is 2.17. The summed E-state index contributed by atoms with van der Waals surface area (Å²) in [7, 11) is 0. The highest BCUT2D eigenvalue weighted by Crippen LogP contribution is 2.09. The van der Waals surface area contributed by atoms with Gasteiger partial charge in [0.25, 0.3) is 0 Å². The summed E-state index contributed by atoms with van der Waals surface area (Å²) < 4.78 is 5.21. The van der Waals surface area contributed by atoms with E-state index in [9.17, 15) is 4.79 Å². The number of carbonyl (C=O) groups excluding carboxylic acids is 1. The van der Waals surface area contributed by atoms with E-state index in [1.54, 1.807) is 0 Å². The van der Waals surface area contributed by atoms with E-state index >= 15 is 0 Å². The van der Waals surface area contributed by atoms with Crippen molar-refractivity contribution in [2.45, 2.75) is 25.3 Å². The normalized spacial score (nSPS) is 19.2. The molecule has 4 heteroatoms. The van der Waals surface area contributed by atoms with Crippen molar-refractivity contribution < 1.29 is 9.53 Å². The number of ether oxygens (including phenoxy) is 1. The molecule has 3 N–H and O–H groups in total. The Morgan fingerprint density at radius 2 is 2.41 bits per heavy atom. The maximum atomic E-state index is 11.7. The summed E-state index contributed by atoms with van der Waals surface area (Å²) in [4.78, 5) is 11.7. The van der Waals surface area contributed by atoms with Crippen LogP contribution in [0, 0.1) is 0 Å². The van der Waals surface area contributed by atoms with Gasteiger partial charge < -0.3 is 15.8 Å². The number of nitrogen functional groups attached to an aromatic ring is 1. The smallest absolute Gasteiger partial charge is 0.220 e. The second-order valence-electron chi connectivity index (χ2n) is 4.37. The van der Waals surface area contributed by atoms with Gasteiger partial charge in [0.15, 0.2) is 0 Å². The van der Waals surface area contributed by atoms with Crippen LogP contribution in [-0.2, 0) is 16.0 Å². The minimum atomic E-state index is 0.0860. The van der Waals surface area contributed by atoms with Crippen LogP contribution in [0.5, 0.6) is 0 Å². The Labute approximate surface area is 101 Å². The third kappa shape index (κ3) is 3.75. The molecule has 1 aromatic carbocycles. The number of nitrogens with one attached hydrogen (secondary N) is 1. The minimum absolute atomic E-state index is 0.0860. The molecule has 1 aliphatic rings. The molecule has 1 aromatic rings. The third-order valence-corrected chi connectivity index (χ3v) is 2.89. The summed E-state index contributed by atoms with van der Waals surface area (Å²) in [6.45, 7) is 1.39. The van der Waals surface area contributed by atoms with Crippen molar-refractivity contribution in [1.29, 1.82) is 0 Å². The van der Waals surface area contributed by atoms with Crippen LogP contribution in [0.25, 0.3) is 0 Å². The van der Waals surface area contributed by atoms with Gasteiger partial charge in [0.1, 0.15) is 0 Å². The molecule has 92 valence electrons. The molecule has 0 spiro atoms. The van der Waals surface area contributed by atoms with Gasteiger partial charge in [-0.2, -0.15) is 0 Å². The Balaban J connectivity index is 1.75. The molecule has 0 saturated carbocycles. The van der Waals surface area contributed by atoms with Crippen molar-refractivity contribution >= 4 is 11.6 Å². The number of benzene rings is 1. The number of hydrogen-bond donors (Lipinski definition) is 2. The first-order valence-corrected chi connectivity index (χ1v) is 5.95. The van der Waals surface area contributed by atoms with Crippen LogP contribution in [0.4, 0.5) is 5.69 Å². The van der Waals surface area contributed by atoms with Gasteiger partial charge in [0.2, 0.25) is 5.91 Å².